The molecule has 1 aromatic carbocycles. The van der Waals surface area contributed by atoms with Gasteiger partial charge in [-0.3, -0.25) is 4.79 Å². The lowest BCUT2D eigenvalue weighted by atomic mass is 10.1. The first kappa shape index (κ1) is 15.2. The molecule has 0 spiro atoms. The van der Waals surface area contributed by atoms with Gasteiger partial charge in [0.2, 0.25) is 6.10 Å². The van der Waals surface area contributed by atoms with Crippen LogP contribution >= 0.6 is 0 Å². The molecule has 0 aliphatic rings. The van der Waals surface area contributed by atoms with Crippen molar-refractivity contribution in [1.29, 1.82) is 0 Å². The highest BCUT2D eigenvalue weighted by atomic mass is 16.6. The van der Waals surface area contributed by atoms with Gasteiger partial charge in [-0.1, -0.05) is 43.7 Å². The molecule has 0 N–H and O–H groups in total. The summed E-state index contributed by atoms with van der Waals surface area (Å²) in [5, 5.41) is 0. The van der Waals surface area contributed by atoms with Gasteiger partial charge in [0.15, 0.2) is 0 Å². The minimum atomic E-state index is -0.967. The second kappa shape index (κ2) is 8.29. The SMILES string of the molecule is CCCCC(=O)O[C@H](C(=O)OCC)c1ccccc1. The summed E-state index contributed by atoms with van der Waals surface area (Å²) in [7, 11) is 0. The van der Waals surface area contributed by atoms with Crippen molar-refractivity contribution in [1.82, 2.24) is 0 Å². The fraction of sp³-hybridized carbons (Fsp3) is 0.467. The van der Waals surface area contributed by atoms with Crippen molar-refractivity contribution in [3.8, 4) is 0 Å². The highest BCUT2D eigenvalue weighted by Crippen LogP contribution is 2.20. The van der Waals surface area contributed by atoms with E-state index in [0.717, 1.165) is 12.8 Å². The monoisotopic (exact) mass is 264 g/mol. The summed E-state index contributed by atoms with van der Waals surface area (Å²) in [5.41, 5.74) is 0.630. The van der Waals surface area contributed by atoms with Crippen molar-refractivity contribution in [2.45, 2.75) is 39.2 Å². The number of benzene rings is 1. The van der Waals surface area contributed by atoms with Crippen LogP contribution in [0.25, 0.3) is 0 Å². The summed E-state index contributed by atoms with van der Waals surface area (Å²) in [6.45, 7) is 3.97. The molecule has 4 nitrogen and oxygen atoms in total. The minimum absolute atomic E-state index is 0.259. The first-order chi connectivity index (χ1) is 9.19. The summed E-state index contributed by atoms with van der Waals surface area (Å²) in [6.07, 6.45) is 1.01. The Morgan fingerprint density at radius 1 is 1.16 bits per heavy atom. The summed E-state index contributed by atoms with van der Waals surface area (Å²) >= 11 is 0. The molecule has 0 radical (unpaired) electrons. The van der Waals surface area contributed by atoms with E-state index in [1.54, 1.807) is 31.2 Å². The lowest BCUT2D eigenvalue weighted by molar-refractivity contribution is -0.168. The molecule has 0 heterocycles. The zero-order valence-electron chi connectivity index (χ0n) is 11.4. The number of unbranched alkanes of at least 4 members (excludes halogenated alkanes) is 1. The summed E-state index contributed by atoms with van der Waals surface area (Å²) < 4.78 is 10.2. The molecule has 0 aromatic heterocycles. The van der Waals surface area contributed by atoms with E-state index in [9.17, 15) is 9.59 Å². The first-order valence-electron chi connectivity index (χ1n) is 6.60. The van der Waals surface area contributed by atoms with E-state index < -0.39 is 12.1 Å². The van der Waals surface area contributed by atoms with Crippen LogP contribution in [0.2, 0.25) is 0 Å². The lowest BCUT2D eigenvalue weighted by Crippen LogP contribution is -2.22. The van der Waals surface area contributed by atoms with Crippen LogP contribution in [0.15, 0.2) is 30.3 Å². The van der Waals surface area contributed by atoms with Gasteiger partial charge in [0, 0.05) is 12.0 Å². The van der Waals surface area contributed by atoms with Crippen molar-refractivity contribution in [3.05, 3.63) is 35.9 Å². The van der Waals surface area contributed by atoms with Gasteiger partial charge in [-0.2, -0.15) is 0 Å². The number of ether oxygens (including phenoxy) is 2. The minimum Gasteiger partial charge on any atom is -0.463 e. The van der Waals surface area contributed by atoms with E-state index in [0.29, 0.717) is 12.0 Å². The molecule has 1 aromatic rings. The molecule has 0 saturated carbocycles. The Balaban J connectivity index is 2.76. The Morgan fingerprint density at radius 2 is 1.84 bits per heavy atom. The third-order valence-corrected chi connectivity index (χ3v) is 2.59. The second-order valence-corrected chi connectivity index (χ2v) is 4.14. The fourth-order valence-corrected chi connectivity index (χ4v) is 1.61. The molecular weight excluding hydrogens is 244 g/mol. The van der Waals surface area contributed by atoms with Gasteiger partial charge in [-0.05, 0) is 13.3 Å². The van der Waals surface area contributed by atoms with Gasteiger partial charge in [0.1, 0.15) is 0 Å². The highest BCUT2D eigenvalue weighted by molar-refractivity contribution is 5.80. The Hall–Kier alpha value is -1.84. The average molecular weight is 264 g/mol. The number of carbonyl (C=O) groups is 2. The molecule has 19 heavy (non-hydrogen) atoms. The number of carbonyl (C=O) groups excluding carboxylic acids is 2. The molecule has 0 fully saturated rings. The van der Waals surface area contributed by atoms with E-state index in [1.165, 1.54) is 0 Å². The molecule has 1 atom stereocenters. The number of rotatable bonds is 7. The fourth-order valence-electron chi connectivity index (χ4n) is 1.61. The molecule has 0 aliphatic heterocycles. The van der Waals surface area contributed by atoms with Crippen LogP contribution in [-0.2, 0) is 19.1 Å². The van der Waals surface area contributed by atoms with Crippen LogP contribution in [-0.4, -0.2) is 18.5 Å². The maximum absolute atomic E-state index is 11.9. The molecule has 0 aliphatic carbocycles. The average Bonchev–Trinajstić information content (AvgIpc) is 2.43. The molecule has 0 amide bonds. The van der Waals surface area contributed by atoms with Crippen molar-refractivity contribution in [3.63, 3.8) is 0 Å². The maximum Gasteiger partial charge on any atom is 0.352 e. The molecule has 1 rings (SSSR count). The summed E-state index contributed by atoms with van der Waals surface area (Å²) in [6, 6.07) is 8.91. The first-order valence-corrected chi connectivity index (χ1v) is 6.60. The van der Waals surface area contributed by atoms with E-state index in [-0.39, 0.29) is 12.6 Å². The third-order valence-electron chi connectivity index (χ3n) is 2.59. The molecule has 0 unspecified atom stereocenters. The quantitative estimate of drug-likeness (QED) is 0.710. The van der Waals surface area contributed by atoms with Gasteiger partial charge < -0.3 is 9.47 Å². The molecule has 0 bridgehead atoms. The van der Waals surface area contributed by atoms with Gasteiger partial charge in [-0.25, -0.2) is 4.79 Å². The van der Waals surface area contributed by atoms with Crippen LogP contribution < -0.4 is 0 Å². The van der Waals surface area contributed by atoms with E-state index in [2.05, 4.69) is 0 Å². The van der Waals surface area contributed by atoms with Gasteiger partial charge >= 0.3 is 11.9 Å². The zero-order chi connectivity index (χ0) is 14.1. The largest absolute Gasteiger partial charge is 0.463 e. The second-order valence-electron chi connectivity index (χ2n) is 4.14. The molecular formula is C15H20O4. The summed E-state index contributed by atoms with van der Waals surface area (Å²) in [5.74, 6) is -0.901. The topological polar surface area (TPSA) is 52.6 Å². The maximum atomic E-state index is 11.9. The highest BCUT2D eigenvalue weighted by Gasteiger charge is 2.25. The van der Waals surface area contributed by atoms with Crippen molar-refractivity contribution < 1.29 is 19.1 Å². The Labute approximate surface area is 113 Å². The number of hydrogen-bond donors (Lipinski definition) is 0. The summed E-state index contributed by atoms with van der Waals surface area (Å²) in [4.78, 5) is 23.5. The van der Waals surface area contributed by atoms with Gasteiger partial charge in [0.25, 0.3) is 0 Å². The van der Waals surface area contributed by atoms with Crippen LogP contribution in [0, 0.1) is 0 Å². The Bertz CT molecular complexity index is 400. The normalized spacial score (nSPS) is 11.7. The lowest BCUT2D eigenvalue weighted by Gasteiger charge is -2.16. The molecule has 0 saturated heterocycles. The predicted octanol–water partition coefficient (Wildman–Crippen LogP) is 3.02. The van der Waals surface area contributed by atoms with Crippen molar-refractivity contribution in [2.75, 3.05) is 6.61 Å². The smallest absolute Gasteiger partial charge is 0.352 e. The van der Waals surface area contributed by atoms with Crippen molar-refractivity contribution in [2.24, 2.45) is 0 Å². The zero-order valence-corrected chi connectivity index (χ0v) is 11.4. The number of hydrogen-bond acceptors (Lipinski definition) is 4. The van der Waals surface area contributed by atoms with Crippen LogP contribution in [0.4, 0.5) is 0 Å². The standard InChI is InChI=1S/C15H20O4/c1-3-5-11-13(16)19-14(15(17)18-4-2)12-9-7-6-8-10-12/h6-10,14H,3-5,11H2,1-2H3/t14-/m0/s1. The predicted molar refractivity (Wildman–Crippen MR) is 71.4 cm³/mol. The van der Waals surface area contributed by atoms with Crippen LogP contribution in [0.1, 0.15) is 44.8 Å². The van der Waals surface area contributed by atoms with Gasteiger partial charge in [0.05, 0.1) is 6.61 Å². The Kier molecular flexibility index (Phi) is 6.64. The third kappa shape index (κ3) is 5.12. The Morgan fingerprint density at radius 3 is 2.42 bits per heavy atom. The number of esters is 2. The molecule has 104 valence electrons. The van der Waals surface area contributed by atoms with E-state index in [1.807, 2.05) is 13.0 Å². The van der Waals surface area contributed by atoms with Crippen molar-refractivity contribution >= 4 is 11.9 Å². The molecule has 4 heteroatoms. The van der Waals surface area contributed by atoms with Crippen LogP contribution in [0.5, 0.6) is 0 Å². The van der Waals surface area contributed by atoms with Gasteiger partial charge in [-0.15, -0.1) is 0 Å². The van der Waals surface area contributed by atoms with E-state index in [4.69, 9.17) is 9.47 Å². The van der Waals surface area contributed by atoms with Crippen LogP contribution in [0.3, 0.4) is 0 Å². The van der Waals surface area contributed by atoms with E-state index >= 15 is 0 Å².